The number of hydrogen-bond acceptors (Lipinski definition) is 3. The SMILES string of the molecule is C[C@H]1C[C@@H](O)[C@@H](/C=C/P(=O)(O)O)O1. The van der Waals surface area contributed by atoms with Gasteiger partial charge in [0.1, 0.15) is 6.10 Å². The Morgan fingerprint density at radius 1 is 1.54 bits per heavy atom. The molecule has 1 rings (SSSR count). The summed E-state index contributed by atoms with van der Waals surface area (Å²) in [4.78, 5) is 17.0. The molecule has 0 aliphatic carbocycles. The first-order valence-electron chi connectivity index (χ1n) is 3.96. The summed E-state index contributed by atoms with van der Waals surface area (Å²) in [5.74, 6) is 0.763. The predicted octanol–water partition coefficient (Wildman–Crippen LogP) is 0.216. The summed E-state index contributed by atoms with van der Waals surface area (Å²) in [7, 11) is -4.14. The number of aliphatic hydroxyl groups excluding tert-OH is 1. The molecule has 0 aromatic carbocycles. The maximum atomic E-state index is 10.4. The first-order valence-corrected chi connectivity index (χ1v) is 5.65. The van der Waals surface area contributed by atoms with Gasteiger partial charge in [0.15, 0.2) is 0 Å². The second kappa shape index (κ2) is 3.90. The maximum Gasteiger partial charge on any atom is 0.348 e. The lowest BCUT2D eigenvalue weighted by molar-refractivity contribution is 0.0469. The Hall–Kier alpha value is -0.190. The Balaban J connectivity index is 2.55. The summed E-state index contributed by atoms with van der Waals surface area (Å²) < 4.78 is 15.6. The van der Waals surface area contributed by atoms with Gasteiger partial charge in [0.2, 0.25) is 0 Å². The summed E-state index contributed by atoms with van der Waals surface area (Å²) in [6.45, 7) is 1.80. The highest BCUT2D eigenvalue weighted by atomic mass is 31.2. The lowest BCUT2D eigenvalue weighted by Crippen LogP contribution is -2.17. The molecule has 1 heterocycles. The van der Waals surface area contributed by atoms with Gasteiger partial charge >= 0.3 is 7.60 Å². The molecule has 0 unspecified atom stereocenters. The molecule has 3 atom stereocenters. The standard InChI is InChI=1S/C7H13O5P/c1-5-4-6(8)7(12-5)2-3-13(9,10)11/h2-3,5-8H,4H2,1H3,(H2,9,10,11)/b3-2+/t5-,6+,7+/m0/s1. The van der Waals surface area contributed by atoms with Crippen molar-refractivity contribution in [2.75, 3.05) is 0 Å². The van der Waals surface area contributed by atoms with E-state index in [2.05, 4.69) is 0 Å². The first kappa shape index (κ1) is 10.9. The highest BCUT2D eigenvalue weighted by Gasteiger charge is 2.29. The zero-order valence-corrected chi connectivity index (χ0v) is 8.09. The van der Waals surface area contributed by atoms with Gasteiger partial charge in [-0.2, -0.15) is 0 Å². The topological polar surface area (TPSA) is 87.0 Å². The van der Waals surface area contributed by atoms with Crippen LogP contribution in [-0.4, -0.2) is 33.2 Å². The van der Waals surface area contributed by atoms with E-state index in [0.29, 0.717) is 6.42 Å². The normalized spacial score (nSPS) is 35.8. The molecule has 1 aliphatic heterocycles. The van der Waals surface area contributed by atoms with Crippen molar-refractivity contribution in [3.63, 3.8) is 0 Å². The molecule has 0 aromatic heterocycles. The van der Waals surface area contributed by atoms with E-state index in [1.54, 1.807) is 6.92 Å². The molecule has 6 heteroatoms. The van der Waals surface area contributed by atoms with Crippen LogP contribution in [0.5, 0.6) is 0 Å². The van der Waals surface area contributed by atoms with Gasteiger partial charge in [-0.1, -0.05) is 0 Å². The zero-order chi connectivity index (χ0) is 10.1. The van der Waals surface area contributed by atoms with Crippen molar-refractivity contribution >= 4 is 7.60 Å². The average Bonchev–Trinajstić information content (AvgIpc) is 2.24. The van der Waals surface area contributed by atoms with Gasteiger partial charge in [0.25, 0.3) is 0 Å². The molecule has 0 saturated carbocycles. The highest BCUT2D eigenvalue weighted by molar-refractivity contribution is 7.55. The molecule has 76 valence electrons. The summed E-state index contributed by atoms with van der Waals surface area (Å²) in [5.41, 5.74) is 0. The number of ether oxygens (including phenoxy) is 1. The van der Waals surface area contributed by atoms with E-state index < -0.39 is 19.8 Å². The molecule has 1 saturated heterocycles. The molecule has 0 aromatic rings. The van der Waals surface area contributed by atoms with Crippen LogP contribution in [0.3, 0.4) is 0 Å². The summed E-state index contributed by atoms with van der Waals surface area (Å²) in [6.07, 6.45) is 0.382. The van der Waals surface area contributed by atoms with Crippen molar-refractivity contribution in [2.45, 2.75) is 31.7 Å². The number of rotatable bonds is 2. The second-order valence-corrected chi connectivity index (χ2v) is 4.62. The predicted molar refractivity (Wildman–Crippen MR) is 46.1 cm³/mol. The van der Waals surface area contributed by atoms with Crippen molar-refractivity contribution in [3.05, 3.63) is 11.9 Å². The summed E-state index contributed by atoms with van der Waals surface area (Å²) in [5, 5.41) is 9.33. The summed E-state index contributed by atoms with van der Waals surface area (Å²) >= 11 is 0. The van der Waals surface area contributed by atoms with E-state index in [1.165, 1.54) is 6.08 Å². The number of aliphatic hydroxyl groups is 1. The third-order valence-electron chi connectivity index (χ3n) is 1.81. The van der Waals surface area contributed by atoms with Crippen molar-refractivity contribution in [1.29, 1.82) is 0 Å². The van der Waals surface area contributed by atoms with Crippen LogP contribution in [0, 0.1) is 0 Å². The van der Waals surface area contributed by atoms with E-state index in [-0.39, 0.29) is 6.10 Å². The Labute approximate surface area is 76.2 Å². The molecule has 13 heavy (non-hydrogen) atoms. The fourth-order valence-corrected chi connectivity index (χ4v) is 1.65. The van der Waals surface area contributed by atoms with Gasteiger partial charge in [-0.15, -0.1) is 0 Å². The molecule has 5 nitrogen and oxygen atoms in total. The Morgan fingerprint density at radius 2 is 2.15 bits per heavy atom. The average molecular weight is 208 g/mol. The minimum atomic E-state index is -4.14. The molecule has 3 N–H and O–H groups in total. The van der Waals surface area contributed by atoms with Crippen LogP contribution in [0.4, 0.5) is 0 Å². The Kier molecular flexibility index (Phi) is 3.27. The van der Waals surface area contributed by atoms with Crippen molar-refractivity contribution in [1.82, 2.24) is 0 Å². The van der Waals surface area contributed by atoms with E-state index in [4.69, 9.17) is 14.5 Å². The van der Waals surface area contributed by atoms with Gasteiger partial charge in [-0.3, -0.25) is 4.57 Å². The number of hydrogen-bond donors (Lipinski definition) is 3. The quantitative estimate of drug-likeness (QED) is 0.565. The molecule has 0 amide bonds. The summed E-state index contributed by atoms with van der Waals surface area (Å²) in [6, 6.07) is 0. The van der Waals surface area contributed by atoms with Crippen molar-refractivity contribution < 1.29 is 24.2 Å². The lowest BCUT2D eigenvalue weighted by Gasteiger charge is -2.08. The van der Waals surface area contributed by atoms with E-state index >= 15 is 0 Å². The van der Waals surface area contributed by atoms with Gasteiger partial charge in [0.05, 0.1) is 12.2 Å². The lowest BCUT2D eigenvalue weighted by atomic mass is 10.1. The van der Waals surface area contributed by atoms with Gasteiger partial charge in [-0.25, -0.2) is 0 Å². The minimum Gasteiger partial charge on any atom is -0.390 e. The van der Waals surface area contributed by atoms with Gasteiger partial charge in [0, 0.05) is 12.2 Å². The minimum absolute atomic E-state index is 0.0681. The molecular weight excluding hydrogens is 195 g/mol. The fraction of sp³-hybridized carbons (Fsp3) is 0.714. The van der Waals surface area contributed by atoms with Crippen LogP contribution in [0.15, 0.2) is 11.9 Å². The molecule has 1 aliphatic rings. The van der Waals surface area contributed by atoms with Crippen LogP contribution in [-0.2, 0) is 9.30 Å². The smallest absolute Gasteiger partial charge is 0.348 e. The monoisotopic (exact) mass is 208 g/mol. The largest absolute Gasteiger partial charge is 0.390 e. The van der Waals surface area contributed by atoms with Crippen LogP contribution >= 0.6 is 7.60 Å². The van der Waals surface area contributed by atoms with Crippen LogP contribution in [0.25, 0.3) is 0 Å². The molecule has 0 radical (unpaired) electrons. The molecular formula is C7H13O5P. The third-order valence-corrected chi connectivity index (χ3v) is 2.37. The maximum absolute atomic E-state index is 10.4. The Bertz CT molecular complexity index is 245. The Morgan fingerprint density at radius 3 is 2.54 bits per heavy atom. The van der Waals surface area contributed by atoms with Crippen LogP contribution < -0.4 is 0 Å². The highest BCUT2D eigenvalue weighted by Crippen LogP contribution is 2.37. The van der Waals surface area contributed by atoms with Crippen molar-refractivity contribution in [3.8, 4) is 0 Å². The second-order valence-electron chi connectivity index (χ2n) is 3.14. The van der Waals surface area contributed by atoms with Crippen LogP contribution in [0.2, 0.25) is 0 Å². The van der Waals surface area contributed by atoms with Crippen molar-refractivity contribution in [2.24, 2.45) is 0 Å². The van der Waals surface area contributed by atoms with E-state index in [9.17, 15) is 9.67 Å². The third kappa shape index (κ3) is 3.58. The fourth-order valence-electron chi connectivity index (χ4n) is 1.26. The van der Waals surface area contributed by atoms with Crippen LogP contribution in [0.1, 0.15) is 13.3 Å². The van der Waals surface area contributed by atoms with E-state index in [1.807, 2.05) is 0 Å². The van der Waals surface area contributed by atoms with Gasteiger partial charge in [-0.05, 0) is 13.0 Å². The zero-order valence-electron chi connectivity index (χ0n) is 7.20. The van der Waals surface area contributed by atoms with E-state index in [0.717, 1.165) is 5.82 Å². The first-order chi connectivity index (χ1) is 5.88. The molecule has 1 fully saturated rings. The van der Waals surface area contributed by atoms with Gasteiger partial charge < -0.3 is 19.6 Å². The molecule has 0 bridgehead atoms. The molecule has 0 spiro atoms.